The predicted octanol–water partition coefficient (Wildman–Crippen LogP) is 2.81. The largest absolute Gasteiger partial charge is 0.379 e. The first-order valence-electron chi connectivity index (χ1n) is 3.94. The monoisotopic (exact) mass is 165 g/mol. The van der Waals surface area contributed by atoms with Gasteiger partial charge in [0.05, 0.1) is 5.69 Å². The van der Waals surface area contributed by atoms with E-state index in [1.165, 1.54) is 6.07 Å². The third-order valence-corrected chi connectivity index (χ3v) is 1.52. The molecule has 0 fully saturated rings. The molecule has 1 N–H and O–H groups in total. The van der Waals surface area contributed by atoms with Gasteiger partial charge in [0.15, 0.2) is 0 Å². The van der Waals surface area contributed by atoms with Crippen molar-refractivity contribution in [2.24, 2.45) is 0 Å². The fourth-order valence-corrected chi connectivity index (χ4v) is 0.891. The Morgan fingerprint density at radius 3 is 2.83 bits per heavy atom. The molecule has 0 saturated heterocycles. The van der Waals surface area contributed by atoms with Gasteiger partial charge in [0.1, 0.15) is 5.82 Å². The number of benzene rings is 1. The smallest absolute Gasteiger partial charge is 0.146 e. The first kappa shape index (κ1) is 8.78. The van der Waals surface area contributed by atoms with Gasteiger partial charge in [-0.15, -0.1) is 0 Å². The van der Waals surface area contributed by atoms with Crippen LogP contribution in [0.1, 0.15) is 6.92 Å². The zero-order valence-corrected chi connectivity index (χ0v) is 7.05. The number of hydrogen-bond donors (Lipinski definition) is 1. The van der Waals surface area contributed by atoms with Gasteiger partial charge in [-0.2, -0.15) is 0 Å². The van der Waals surface area contributed by atoms with Crippen LogP contribution in [0.4, 0.5) is 10.1 Å². The Hall–Kier alpha value is -1.31. The summed E-state index contributed by atoms with van der Waals surface area (Å²) in [7, 11) is 0. The van der Waals surface area contributed by atoms with Crippen LogP contribution in [-0.4, -0.2) is 6.54 Å². The molecule has 0 unspecified atom stereocenters. The van der Waals surface area contributed by atoms with Crippen LogP contribution >= 0.6 is 0 Å². The van der Waals surface area contributed by atoms with Gasteiger partial charge in [-0.3, -0.25) is 0 Å². The number of para-hydroxylation sites is 1. The number of allylic oxidation sites excluding steroid dienone is 1. The summed E-state index contributed by atoms with van der Waals surface area (Å²) >= 11 is 0. The lowest BCUT2D eigenvalue weighted by molar-refractivity contribution is 0.631. The Morgan fingerprint density at radius 1 is 1.42 bits per heavy atom. The van der Waals surface area contributed by atoms with Gasteiger partial charge in [0.2, 0.25) is 0 Å². The van der Waals surface area contributed by atoms with Gasteiger partial charge < -0.3 is 5.32 Å². The quantitative estimate of drug-likeness (QED) is 0.679. The molecule has 0 saturated carbocycles. The number of halogens is 1. The standard InChI is InChI=1S/C10H12FN/c1-2-3-8-12-10-7-5-4-6-9(10)11/h2-7,12H,8H2,1H3. The van der Waals surface area contributed by atoms with E-state index in [4.69, 9.17) is 0 Å². The topological polar surface area (TPSA) is 12.0 Å². The predicted molar refractivity (Wildman–Crippen MR) is 49.7 cm³/mol. The summed E-state index contributed by atoms with van der Waals surface area (Å²) < 4.78 is 12.9. The molecule has 1 aromatic rings. The molecule has 64 valence electrons. The van der Waals surface area contributed by atoms with Crippen LogP contribution in [0.2, 0.25) is 0 Å². The van der Waals surface area contributed by atoms with E-state index in [0.29, 0.717) is 12.2 Å². The van der Waals surface area contributed by atoms with Crippen LogP contribution in [0.3, 0.4) is 0 Å². The van der Waals surface area contributed by atoms with E-state index in [0.717, 1.165) is 0 Å². The van der Waals surface area contributed by atoms with Crippen molar-refractivity contribution in [1.29, 1.82) is 0 Å². The normalized spacial score (nSPS) is 10.5. The Bertz CT molecular complexity index is 268. The van der Waals surface area contributed by atoms with Crippen LogP contribution in [0.5, 0.6) is 0 Å². The fraction of sp³-hybridized carbons (Fsp3) is 0.200. The molecule has 0 aliphatic carbocycles. The first-order chi connectivity index (χ1) is 5.84. The molecule has 0 aromatic heterocycles. The van der Waals surface area contributed by atoms with Gasteiger partial charge in [-0.05, 0) is 19.1 Å². The fourth-order valence-electron chi connectivity index (χ4n) is 0.891. The van der Waals surface area contributed by atoms with E-state index in [9.17, 15) is 4.39 Å². The zero-order valence-electron chi connectivity index (χ0n) is 7.05. The van der Waals surface area contributed by atoms with E-state index >= 15 is 0 Å². The highest BCUT2D eigenvalue weighted by Crippen LogP contribution is 2.11. The lowest BCUT2D eigenvalue weighted by Gasteiger charge is -2.03. The summed E-state index contributed by atoms with van der Waals surface area (Å²) in [6.45, 7) is 2.60. The second kappa shape index (κ2) is 4.54. The molecule has 0 aliphatic rings. The first-order valence-corrected chi connectivity index (χ1v) is 3.94. The molecule has 0 atom stereocenters. The molecule has 0 bridgehead atoms. The minimum Gasteiger partial charge on any atom is -0.379 e. The van der Waals surface area contributed by atoms with Gasteiger partial charge in [0, 0.05) is 6.54 Å². The number of nitrogens with one attached hydrogen (secondary N) is 1. The molecule has 12 heavy (non-hydrogen) atoms. The van der Waals surface area contributed by atoms with Crippen LogP contribution in [-0.2, 0) is 0 Å². The molecular weight excluding hydrogens is 153 g/mol. The molecule has 0 spiro atoms. The molecule has 0 heterocycles. The van der Waals surface area contributed by atoms with Gasteiger partial charge in [-0.1, -0.05) is 24.3 Å². The summed E-state index contributed by atoms with van der Waals surface area (Å²) in [5.74, 6) is -0.206. The summed E-state index contributed by atoms with van der Waals surface area (Å²) in [4.78, 5) is 0. The summed E-state index contributed by atoms with van der Waals surface area (Å²) in [5, 5.41) is 2.95. The second-order valence-corrected chi connectivity index (χ2v) is 2.43. The molecule has 0 aliphatic heterocycles. The van der Waals surface area contributed by atoms with Crippen LogP contribution in [0.25, 0.3) is 0 Å². The molecule has 1 nitrogen and oxygen atoms in total. The van der Waals surface area contributed by atoms with E-state index in [2.05, 4.69) is 5.32 Å². The Labute approximate surface area is 71.9 Å². The van der Waals surface area contributed by atoms with Gasteiger partial charge in [0.25, 0.3) is 0 Å². The van der Waals surface area contributed by atoms with Crippen molar-refractivity contribution in [1.82, 2.24) is 0 Å². The Balaban J connectivity index is 2.57. The lowest BCUT2D eigenvalue weighted by atomic mass is 10.3. The van der Waals surface area contributed by atoms with E-state index < -0.39 is 0 Å². The maximum absolute atomic E-state index is 12.9. The Kier molecular flexibility index (Phi) is 3.33. The molecule has 1 rings (SSSR count). The van der Waals surface area contributed by atoms with Crippen LogP contribution in [0, 0.1) is 5.82 Å². The highest BCUT2D eigenvalue weighted by molar-refractivity contribution is 5.44. The summed E-state index contributed by atoms with van der Waals surface area (Å²) in [6, 6.07) is 6.65. The third kappa shape index (κ3) is 2.38. The van der Waals surface area contributed by atoms with Crippen molar-refractivity contribution in [3.8, 4) is 0 Å². The van der Waals surface area contributed by atoms with Gasteiger partial charge in [-0.25, -0.2) is 4.39 Å². The van der Waals surface area contributed by atoms with Crippen molar-refractivity contribution in [2.75, 3.05) is 11.9 Å². The van der Waals surface area contributed by atoms with E-state index in [1.807, 2.05) is 19.1 Å². The second-order valence-electron chi connectivity index (χ2n) is 2.43. The molecule has 0 amide bonds. The van der Waals surface area contributed by atoms with Crippen LogP contribution in [0.15, 0.2) is 36.4 Å². The number of anilines is 1. The minimum absolute atomic E-state index is 0.206. The third-order valence-electron chi connectivity index (χ3n) is 1.52. The highest BCUT2D eigenvalue weighted by Gasteiger charge is 1.95. The average Bonchev–Trinajstić information content (AvgIpc) is 2.09. The maximum atomic E-state index is 12.9. The van der Waals surface area contributed by atoms with E-state index in [1.54, 1.807) is 18.2 Å². The van der Waals surface area contributed by atoms with Gasteiger partial charge >= 0.3 is 0 Å². The molecule has 1 aromatic carbocycles. The number of rotatable bonds is 3. The average molecular weight is 165 g/mol. The minimum atomic E-state index is -0.206. The van der Waals surface area contributed by atoms with E-state index in [-0.39, 0.29) is 5.82 Å². The molecule has 0 radical (unpaired) electrons. The van der Waals surface area contributed by atoms with Crippen molar-refractivity contribution < 1.29 is 4.39 Å². The van der Waals surface area contributed by atoms with Crippen molar-refractivity contribution in [3.05, 3.63) is 42.2 Å². The molecular formula is C10H12FN. The van der Waals surface area contributed by atoms with Crippen molar-refractivity contribution >= 4 is 5.69 Å². The molecule has 2 heteroatoms. The lowest BCUT2D eigenvalue weighted by Crippen LogP contribution is -1.99. The summed E-state index contributed by atoms with van der Waals surface area (Å²) in [5.41, 5.74) is 0.551. The summed E-state index contributed by atoms with van der Waals surface area (Å²) in [6.07, 6.45) is 3.86. The SMILES string of the molecule is CC=CCNc1ccccc1F. The zero-order chi connectivity index (χ0) is 8.81. The Morgan fingerprint density at radius 2 is 2.17 bits per heavy atom. The van der Waals surface area contributed by atoms with Crippen LogP contribution < -0.4 is 5.32 Å². The number of hydrogen-bond acceptors (Lipinski definition) is 1. The van der Waals surface area contributed by atoms with Crippen molar-refractivity contribution in [2.45, 2.75) is 6.92 Å². The van der Waals surface area contributed by atoms with Crippen molar-refractivity contribution in [3.63, 3.8) is 0 Å². The highest BCUT2D eigenvalue weighted by atomic mass is 19.1. The maximum Gasteiger partial charge on any atom is 0.146 e.